The van der Waals surface area contributed by atoms with Gasteiger partial charge in [0, 0.05) is 16.3 Å². The van der Waals surface area contributed by atoms with Crippen molar-refractivity contribution in [2.45, 2.75) is 6.92 Å². The molecule has 7 heteroatoms. The standard InChI is InChI=1S/C6H9ClO5S/c1-5(2)6(8)11-3-4-12-13(7,9)10/h1,3-4H2,2H3. The van der Waals surface area contributed by atoms with Crippen molar-refractivity contribution < 1.29 is 22.1 Å². The van der Waals surface area contributed by atoms with Gasteiger partial charge in [-0.2, -0.15) is 8.42 Å². The molecule has 0 aliphatic carbocycles. The Balaban J connectivity index is 3.59. The van der Waals surface area contributed by atoms with E-state index in [-0.39, 0.29) is 18.8 Å². The van der Waals surface area contributed by atoms with Crippen molar-refractivity contribution in [1.82, 2.24) is 0 Å². The predicted octanol–water partition coefficient (Wildman–Crippen LogP) is 0.606. The minimum absolute atomic E-state index is 0.183. The first-order valence-electron chi connectivity index (χ1n) is 3.24. The van der Waals surface area contributed by atoms with Crippen LogP contribution in [0.15, 0.2) is 12.2 Å². The van der Waals surface area contributed by atoms with E-state index < -0.39 is 15.3 Å². The smallest absolute Gasteiger partial charge is 0.355 e. The third kappa shape index (κ3) is 7.76. The maximum atomic E-state index is 10.7. The second kappa shape index (κ2) is 5.21. The molecule has 0 saturated carbocycles. The molecule has 13 heavy (non-hydrogen) atoms. The van der Waals surface area contributed by atoms with Crippen LogP contribution >= 0.6 is 10.7 Å². The highest BCUT2D eigenvalue weighted by atomic mass is 35.7. The van der Waals surface area contributed by atoms with E-state index in [2.05, 4.69) is 15.5 Å². The maximum absolute atomic E-state index is 10.7. The molecule has 76 valence electrons. The van der Waals surface area contributed by atoms with Gasteiger partial charge in [0.15, 0.2) is 0 Å². The fourth-order valence-corrected chi connectivity index (χ4v) is 0.847. The van der Waals surface area contributed by atoms with E-state index in [9.17, 15) is 13.2 Å². The van der Waals surface area contributed by atoms with Gasteiger partial charge in [-0.1, -0.05) is 6.58 Å². The second-order valence-corrected chi connectivity index (χ2v) is 4.29. The van der Waals surface area contributed by atoms with Gasteiger partial charge in [-0.05, 0) is 6.92 Å². The molecule has 0 saturated heterocycles. The number of carbonyl (C=O) groups is 1. The minimum atomic E-state index is -3.98. The summed E-state index contributed by atoms with van der Waals surface area (Å²) in [5, 5.41) is 0. The number of hydrogen-bond donors (Lipinski definition) is 0. The molecule has 0 aromatic carbocycles. The Bertz CT molecular complexity index is 294. The van der Waals surface area contributed by atoms with Crippen LogP contribution in [0.25, 0.3) is 0 Å². The lowest BCUT2D eigenvalue weighted by atomic mass is 10.4. The Morgan fingerprint density at radius 2 is 2.00 bits per heavy atom. The molecule has 0 aliphatic heterocycles. The van der Waals surface area contributed by atoms with Gasteiger partial charge < -0.3 is 4.74 Å². The quantitative estimate of drug-likeness (QED) is 0.298. The second-order valence-electron chi connectivity index (χ2n) is 2.13. The Kier molecular flexibility index (Phi) is 4.97. The fraction of sp³-hybridized carbons (Fsp3) is 0.500. The highest BCUT2D eigenvalue weighted by molar-refractivity contribution is 8.09. The lowest BCUT2D eigenvalue weighted by molar-refractivity contribution is -0.139. The van der Waals surface area contributed by atoms with Crippen molar-refractivity contribution >= 4 is 26.0 Å². The van der Waals surface area contributed by atoms with Crippen molar-refractivity contribution in [1.29, 1.82) is 0 Å². The lowest BCUT2D eigenvalue weighted by Crippen LogP contribution is -2.11. The molecule has 0 bridgehead atoms. The molecule has 0 rings (SSSR count). The maximum Gasteiger partial charge on any atom is 0.355 e. The summed E-state index contributed by atoms with van der Waals surface area (Å²) in [5.74, 6) is -0.601. The topological polar surface area (TPSA) is 69.7 Å². The molecule has 0 aliphatic rings. The molecule has 0 unspecified atom stereocenters. The molecule has 5 nitrogen and oxygen atoms in total. The van der Waals surface area contributed by atoms with E-state index in [1.807, 2.05) is 0 Å². The van der Waals surface area contributed by atoms with Crippen molar-refractivity contribution in [3.05, 3.63) is 12.2 Å². The molecule has 0 spiro atoms. The molecular formula is C6H9ClO5S. The number of carbonyl (C=O) groups excluding carboxylic acids is 1. The SMILES string of the molecule is C=C(C)C(=O)OCCOS(=O)(=O)Cl. The van der Waals surface area contributed by atoms with Crippen molar-refractivity contribution in [2.24, 2.45) is 0 Å². The van der Waals surface area contributed by atoms with Crippen LogP contribution in [0.2, 0.25) is 0 Å². The molecule has 0 aromatic rings. The van der Waals surface area contributed by atoms with Crippen LogP contribution in [0.4, 0.5) is 0 Å². The monoisotopic (exact) mass is 228 g/mol. The number of rotatable bonds is 5. The van der Waals surface area contributed by atoms with Crippen molar-refractivity contribution in [3.8, 4) is 0 Å². The molecule has 0 amide bonds. The molecule has 0 radical (unpaired) electrons. The van der Waals surface area contributed by atoms with E-state index in [1.165, 1.54) is 6.92 Å². The number of halogens is 1. The normalized spacial score (nSPS) is 10.9. The number of esters is 1. The van der Waals surface area contributed by atoms with E-state index in [0.717, 1.165) is 0 Å². The van der Waals surface area contributed by atoms with Crippen LogP contribution in [0.3, 0.4) is 0 Å². The van der Waals surface area contributed by atoms with Crippen molar-refractivity contribution in [3.63, 3.8) is 0 Å². The van der Waals surface area contributed by atoms with Crippen LogP contribution in [0, 0.1) is 0 Å². The summed E-state index contributed by atoms with van der Waals surface area (Å²) < 4.78 is 29.0. The lowest BCUT2D eigenvalue weighted by Gasteiger charge is -2.02. The van der Waals surface area contributed by atoms with E-state index in [0.29, 0.717) is 0 Å². The van der Waals surface area contributed by atoms with Gasteiger partial charge in [0.1, 0.15) is 13.2 Å². The zero-order chi connectivity index (χ0) is 10.5. The summed E-state index contributed by atoms with van der Waals surface area (Å²) in [7, 11) is 0.719. The first kappa shape index (κ1) is 12.4. The third-order valence-electron chi connectivity index (χ3n) is 0.889. The molecule has 0 fully saturated rings. The summed E-state index contributed by atoms with van der Waals surface area (Å²) in [5.41, 5.74) is 0.230. The van der Waals surface area contributed by atoms with Crippen LogP contribution in [0.5, 0.6) is 0 Å². The van der Waals surface area contributed by atoms with E-state index in [1.54, 1.807) is 0 Å². The minimum Gasteiger partial charge on any atom is -0.460 e. The Hall–Kier alpha value is -0.590. The summed E-state index contributed by atoms with van der Waals surface area (Å²) in [6.07, 6.45) is 0. The molecule has 0 aromatic heterocycles. The highest BCUT2D eigenvalue weighted by Gasteiger charge is 2.06. The summed E-state index contributed by atoms with van der Waals surface area (Å²) in [6, 6.07) is 0. The Labute approximate surface area is 80.9 Å². The predicted molar refractivity (Wildman–Crippen MR) is 46.5 cm³/mol. The summed E-state index contributed by atoms with van der Waals surface area (Å²) in [6.45, 7) is 4.31. The van der Waals surface area contributed by atoms with Gasteiger partial charge in [-0.3, -0.25) is 4.18 Å². The zero-order valence-electron chi connectivity index (χ0n) is 6.95. The van der Waals surface area contributed by atoms with Crippen LogP contribution in [-0.2, 0) is 23.0 Å². The van der Waals surface area contributed by atoms with Gasteiger partial charge in [0.2, 0.25) is 0 Å². The van der Waals surface area contributed by atoms with Crippen LogP contribution in [-0.4, -0.2) is 27.6 Å². The molecule has 0 N–H and O–H groups in total. The molecular weight excluding hydrogens is 220 g/mol. The van der Waals surface area contributed by atoms with Crippen LogP contribution < -0.4 is 0 Å². The Morgan fingerprint density at radius 1 is 1.46 bits per heavy atom. The first-order chi connectivity index (χ1) is 5.83. The summed E-state index contributed by atoms with van der Waals surface area (Å²) in [4.78, 5) is 10.7. The van der Waals surface area contributed by atoms with Gasteiger partial charge in [0.05, 0.1) is 0 Å². The Morgan fingerprint density at radius 3 is 2.38 bits per heavy atom. The van der Waals surface area contributed by atoms with Crippen LogP contribution in [0.1, 0.15) is 6.92 Å². The highest BCUT2D eigenvalue weighted by Crippen LogP contribution is 1.98. The van der Waals surface area contributed by atoms with E-state index in [4.69, 9.17) is 10.7 Å². The number of hydrogen-bond acceptors (Lipinski definition) is 5. The average molecular weight is 229 g/mol. The number of ether oxygens (including phenoxy) is 1. The first-order valence-corrected chi connectivity index (χ1v) is 5.48. The largest absolute Gasteiger partial charge is 0.460 e. The van der Waals surface area contributed by atoms with Gasteiger partial charge >= 0.3 is 15.3 Å². The van der Waals surface area contributed by atoms with Gasteiger partial charge in [-0.15, -0.1) is 0 Å². The fourth-order valence-electron chi connectivity index (χ4n) is 0.391. The summed E-state index contributed by atoms with van der Waals surface area (Å²) >= 11 is 0. The average Bonchev–Trinajstić information content (AvgIpc) is 1.95. The van der Waals surface area contributed by atoms with Gasteiger partial charge in [-0.25, -0.2) is 4.79 Å². The van der Waals surface area contributed by atoms with Gasteiger partial charge in [0.25, 0.3) is 0 Å². The van der Waals surface area contributed by atoms with E-state index >= 15 is 0 Å². The third-order valence-corrected chi connectivity index (χ3v) is 1.60. The zero-order valence-corrected chi connectivity index (χ0v) is 8.52. The molecule has 0 atom stereocenters. The molecule has 0 heterocycles. The van der Waals surface area contributed by atoms with Crippen molar-refractivity contribution in [2.75, 3.05) is 13.2 Å².